The summed E-state index contributed by atoms with van der Waals surface area (Å²) >= 11 is 0. The number of hydrogen-bond donors (Lipinski definition) is 6. The van der Waals surface area contributed by atoms with Gasteiger partial charge in [-0.05, 0) is 106 Å². The minimum Gasteiger partial charge on any atom is -0.504 e. The Morgan fingerprint density at radius 2 is 1.96 bits per heavy atom. The molecule has 0 amide bonds. The molecule has 0 unspecified atom stereocenters. The fraction of sp³-hybridized carbons (Fsp3) is 0.529. The summed E-state index contributed by atoms with van der Waals surface area (Å²) in [6.07, 6.45) is 9.77. The Labute approximate surface area is 266 Å². The van der Waals surface area contributed by atoms with Crippen molar-refractivity contribution >= 4 is 17.4 Å². The monoisotopic (exact) mass is 626 g/mol. The number of aromatic hydroxyl groups is 2. The van der Waals surface area contributed by atoms with E-state index in [1.165, 1.54) is 7.11 Å². The molecule has 0 aromatic heterocycles. The second-order valence-corrected chi connectivity index (χ2v) is 11.5. The Bertz CT molecular complexity index is 1300. The largest absolute Gasteiger partial charge is 0.504 e. The molecule has 0 saturated heterocycles. The van der Waals surface area contributed by atoms with Crippen molar-refractivity contribution in [2.45, 2.75) is 63.4 Å². The number of aliphatic hydroxyl groups excluding tert-OH is 1. The van der Waals surface area contributed by atoms with Crippen LogP contribution in [-0.4, -0.2) is 80.2 Å². The molecule has 1 aliphatic carbocycles. The summed E-state index contributed by atoms with van der Waals surface area (Å²) in [6, 6.07) is 8.76. The molecule has 0 bridgehead atoms. The number of ether oxygens (including phenoxy) is 3. The summed E-state index contributed by atoms with van der Waals surface area (Å²) in [5.41, 5.74) is 7.67. The average Bonchev–Trinajstić information content (AvgIpc) is 3.43. The van der Waals surface area contributed by atoms with E-state index < -0.39 is 5.60 Å². The quantitative estimate of drug-likeness (QED) is 0.0440. The van der Waals surface area contributed by atoms with Crippen LogP contribution >= 0.6 is 0 Å². The molecule has 2 aromatic rings. The summed E-state index contributed by atoms with van der Waals surface area (Å²) in [7, 11) is 4.95. The number of rotatable bonds is 19. The van der Waals surface area contributed by atoms with Gasteiger partial charge in [0.2, 0.25) is 0 Å². The maximum absolute atomic E-state index is 12.5. The molecule has 2 aromatic carbocycles. The maximum Gasteiger partial charge on any atom is 0.192 e. The molecule has 45 heavy (non-hydrogen) atoms. The third-order valence-corrected chi connectivity index (χ3v) is 8.06. The zero-order valence-corrected chi connectivity index (χ0v) is 26.8. The molecule has 0 heterocycles. The van der Waals surface area contributed by atoms with Gasteiger partial charge >= 0.3 is 0 Å². The molecule has 0 aliphatic heterocycles. The summed E-state index contributed by atoms with van der Waals surface area (Å²) in [5, 5.41) is 36.2. The van der Waals surface area contributed by atoms with E-state index in [1.807, 2.05) is 25.3 Å². The van der Waals surface area contributed by atoms with Crippen LogP contribution in [0, 0.1) is 5.92 Å². The highest BCUT2D eigenvalue weighted by Crippen LogP contribution is 2.44. The van der Waals surface area contributed by atoms with E-state index >= 15 is 0 Å². The Morgan fingerprint density at radius 3 is 2.69 bits per heavy atom. The van der Waals surface area contributed by atoms with E-state index in [2.05, 4.69) is 15.6 Å². The number of hydrogen-bond acceptors (Lipinski definition) is 9. The third-order valence-electron chi connectivity index (χ3n) is 8.06. The number of methoxy groups -OCH3 is 1. The number of ketones is 1. The Kier molecular flexibility index (Phi) is 14.5. The lowest BCUT2D eigenvalue weighted by molar-refractivity contribution is -0.114. The predicted octanol–water partition coefficient (Wildman–Crippen LogP) is 4.08. The molecular formula is C34H50N4O7. The van der Waals surface area contributed by atoms with Gasteiger partial charge in [-0.1, -0.05) is 12.1 Å². The third kappa shape index (κ3) is 11.3. The van der Waals surface area contributed by atoms with Crippen LogP contribution in [0.3, 0.4) is 0 Å². The molecule has 0 radical (unpaired) electrons. The first-order valence-electron chi connectivity index (χ1n) is 15.6. The first-order chi connectivity index (χ1) is 21.7. The van der Waals surface area contributed by atoms with Crippen molar-refractivity contribution in [3.05, 3.63) is 53.6 Å². The minimum atomic E-state index is -0.490. The van der Waals surface area contributed by atoms with Gasteiger partial charge in [0.25, 0.3) is 0 Å². The number of benzene rings is 2. The van der Waals surface area contributed by atoms with Crippen molar-refractivity contribution in [3.63, 3.8) is 0 Å². The van der Waals surface area contributed by atoms with Gasteiger partial charge in [-0.2, -0.15) is 0 Å². The van der Waals surface area contributed by atoms with Crippen molar-refractivity contribution in [2.75, 3.05) is 52.9 Å². The first-order valence-corrected chi connectivity index (χ1v) is 15.6. The first kappa shape index (κ1) is 35.7. The summed E-state index contributed by atoms with van der Waals surface area (Å²) in [6.45, 7) is 1.96. The highest BCUT2D eigenvalue weighted by molar-refractivity contribution is 5.94. The Balaban J connectivity index is 1.66. The number of carbonyl (C=O) groups is 1. The summed E-state index contributed by atoms with van der Waals surface area (Å²) in [4.78, 5) is 16.5. The highest BCUT2D eigenvalue weighted by atomic mass is 16.5. The lowest BCUT2D eigenvalue weighted by atomic mass is 9.97. The van der Waals surface area contributed by atoms with Gasteiger partial charge in [0, 0.05) is 39.8 Å². The number of allylic oxidation sites excluding steroid dienone is 2. The summed E-state index contributed by atoms with van der Waals surface area (Å²) < 4.78 is 17.4. The molecule has 1 saturated carbocycles. The fourth-order valence-corrected chi connectivity index (χ4v) is 5.68. The number of guanidine groups is 1. The number of nitrogens with one attached hydrogen (secondary N) is 2. The number of carbonyl (C=O) groups excluding carboxylic acids is 1. The van der Waals surface area contributed by atoms with E-state index in [0.29, 0.717) is 75.0 Å². The Morgan fingerprint density at radius 1 is 1.16 bits per heavy atom. The van der Waals surface area contributed by atoms with E-state index in [0.717, 1.165) is 36.8 Å². The van der Waals surface area contributed by atoms with Crippen LogP contribution in [0.25, 0.3) is 0 Å². The number of likely N-dealkylation sites (N-methyl/N-ethyl adjacent to an activating group) is 1. The minimum absolute atomic E-state index is 0.00893. The van der Waals surface area contributed by atoms with Gasteiger partial charge in [0.15, 0.2) is 34.7 Å². The number of aryl methyl sites for hydroxylation is 2. The number of nitrogens with zero attached hydrogens (tertiary/aromatic N) is 1. The van der Waals surface area contributed by atoms with Gasteiger partial charge in [-0.25, -0.2) is 0 Å². The lowest BCUT2D eigenvalue weighted by Crippen LogP contribution is -2.42. The topological polar surface area (TPSA) is 168 Å². The van der Waals surface area contributed by atoms with Crippen LogP contribution in [-0.2, 0) is 22.4 Å². The molecule has 2 atom stereocenters. The molecule has 0 spiro atoms. The zero-order valence-electron chi connectivity index (χ0n) is 26.8. The van der Waals surface area contributed by atoms with E-state index in [4.69, 9.17) is 25.1 Å². The highest BCUT2D eigenvalue weighted by Gasteiger charge is 2.41. The van der Waals surface area contributed by atoms with Crippen molar-refractivity contribution in [1.82, 2.24) is 5.32 Å². The smallest absolute Gasteiger partial charge is 0.192 e. The van der Waals surface area contributed by atoms with Crippen LogP contribution in [0.15, 0.2) is 47.5 Å². The lowest BCUT2D eigenvalue weighted by Gasteiger charge is -2.31. The number of phenols is 2. The number of anilines is 1. The van der Waals surface area contributed by atoms with Crippen LogP contribution in [0.1, 0.15) is 56.1 Å². The number of aliphatic imine (C=N–C) groups is 1. The number of aliphatic hydroxyl groups is 1. The number of nitrogens with two attached hydrogens (primary N) is 1. The average molecular weight is 627 g/mol. The van der Waals surface area contributed by atoms with Gasteiger partial charge < -0.3 is 45.9 Å². The normalized spacial score (nSPS) is 18.4. The predicted molar refractivity (Wildman–Crippen MR) is 176 cm³/mol. The van der Waals surface area contributed by atoms with E-state index in [-0.39, 0.29) is 29.8 Å². The van der Waals surface area contributed by atoms with Gasteiger partial charge in [-0.15, -0.1) is 0 Å². The van der Waals surface area contributed by atoms with Crippen LogP contribution in [0.4, 0.5) is 5.69 Å². The van der Waals surface area contributed by atoms with Crippen LogP contribution in [0.2, 0.25) is 0 Å². The van der Waals surface area contributed by atoms with Crippen molar-refractivity contribution in [1.29, 1.82) is 0 Å². The van der Waals surface area contributed by atoms with E-state index in [9.17, 15) is 15.0 Å². The zero-order chi connectivity index (χ0) is 32.7. The maximum atomic E-state index is 12.5. The molecule has 7 N–H and O–H groups in total. The van der Waals surface area contributed by atoms with Crippen LogP contribution < -0.4 is 25.8 Å². The van der Waals surface area contributed by atoms with E-state index in [1.54, 1.807) is 31.3 Å². The fourth-order valence-electron chi connectivity index (χ4n) is 5.68. The second-order valence-electron chi connectivity index (χ2n) is 11.5. The standard InChI is InChI=1S/C34H50N4O7/c1-36-23-34(15-13-25(22-34)14-18-44-17-6-16-39)45-31-21-26(19-28(32(31)42)38-33(35)37-2)7-4-5-8-27(40)11-9-24-10-12-29(41)30(20-24)43-3/h5,8,10,12,19-21,25,36,39,41-42H,4,6-7,9,11,13-18,22-23H2,1-3H3,(H3,35,37,38)/b8-5+/t25-,34-/m1/s1. The van der Waals surface area contributed by atoms with Gasteiger partial charge in [-0.3, -0.25) is 9.79 Å². The van der Waals surface area contributed by atoms with Crippen molar-refractivity contribution < 1.29 is 34.3 Å². The second kappa shape index (κ2) is 18.2. The molecular weight excluding hydrogens is 576 g/mol. The molecule has 11 heteroatoms. The van der Waals surface area contributed by atoms with Crippen LogP contribution in [0.5, 0.6) is 23.0 Å². The van der Waals surface area contributed by atoms with Crippen molar-refractivity contribution in [3.8, 4) is 23.0 Å². The number of phenolic OH excluding ortho intramolecular Hbond substituents is 2. The van der Waals surface area contributed by atoms with Crippen molar-refractivity contribution in [2.24, 2.45) is 16.6 Å². The van der Waals surface area contributed by atoms with Gasteiger partial charge in [0.05, 0.1) is 12.8 Å². The van der Waals surface area contributed by atoms with Gasteiger partial charge in [0.1, 0.15) is 5.60 Å². The molecule has 1 fully saturated rings. The summed E-state index contributed by atoms with van der Waals surface area (Å²) in [5.74, 6) is 1.40. The SMILES string of the molecule is CN=C(N)Nc1cc(CC/C=C/C(=O)CCc2ccc(O)c(OC)c2)cc(O[C@]2(CNC)CC[C@H](CCOCCCO)C2)c1O. The molecule has 3 rings (SSSR count). The molecule has 11 nitrogen and oxygen atoms in total. The molecule has 1 aliphatic rings. The Hall–Kier alpha value is -3.80. The molecule has 248 valence electrons.